The van der Waals surface area contributed by atoms with Crippen LogP contribution in [0.1, 0.15) is 28.6 Å². The van der Waals surface area contributed by atoms with E-state index in [2.05, 4.69) is 0 Å². The number of furan rings is 1. The summed E-state index contributed by atoms with van der Waals surface area (Å²) in [5.74, 6) is 0.131. The van der Waals surface area contributed by atoms with Gasteiger partial charge in [0, 0.05) is 5.56 Å². The van der Waals surface area contributed by atoms with Crippen LogP contribution in [0, 0.1) is 6.92 Å². The molecule has 0 radical (unpaired) electrons. The lowest BCUT2D eigenvalue weighted by molar-refractivity contribution is -0.139. The van der Waals surface area contributed by atoms with Crippen LogP contribution in [-0.2, 0) is 6.18 Å². The molecule has 0 fully saturated rings. The van der Waals surface area contributed by atoms with Crippen molar-refractivity contribution in [1.29, 1.82) is 0 Å². The van der Waals surface area contributed by atoms with Gasteiger partial charge in [-0.05, 0) is 24.6 Å². The van der Waals surface area contributed by atoms with E-state index in [1.165, 1.54) is 24.5 Å². The minimum Gasteiger partial charge on any atom is -0.466 e. The van der Waals surface area contributed by atoms with Crippen LogP contribution in [0.5, 0.6) is 0 Å². The van der Waals surface area contributed by atoms with Crippen molar-refractivity contribution < 1.29 is 22.7 Å². The number of hydrogen-bond acceptors (Lipinski definition) is 2. The lowest BCUT2D eigenvalue weighted by Gasteiger charge is -2.16. The molecule has 1 heterocycles. The molecule has 18 heavy (non-hydrogen) atoms. The Kier molecular flexibility index (Phi) is 3.17. The molecule has 0 spiro atoms. The zero-order chi connectivity index (χ0) is 13.3. The topological polar surface area (TPSA) is 33.4 Å². The summed E-state index contributed by atoms with van der Waals surface area (Å²) in [6.45, 7) is 1.66. The number of aliphatic hydroxyl groups is 1. The smallest absolute Gasteiger partial charge is 0.416 e. The van der Waals surface area contributed by atoms with E-state index in [1.807, 2.05) is 0 Å². The molecule has 0 saturated heterocycles. The maximum Gasteiger partial charge on any atom is 0.416 e. The van der Waals surface area contributed by atoms with Crippen LogP contribution in [-0.4, -0.2) is 5.11 Å². The van der Waals surface area contributed by atoms with Crippen LogP contribution in [0.4, 0.5) is 13.2 Å². The molecule has 0 aliphatic heterocycles. The molecule has 1 N–H and O–H groups in total. The van der Waals surface area contributed by atoms with E-state index < -0.39 is 17.8 Å². The highest BCUT2D eigenvalue weighted by Gasteiger charge is 2.35. The molecule has 1 unspecified atom stereocenters. The molecule has 2 nitrogen and oxygen atoms in total. The molecule has 0 amide bonds. The highest BCUT2D eigenvalue weighted by molar-refractivity contribution is 5.36. The maximum atomic E-state index is 12.8. The molecule has 5 heteroatoms. The molecule has 0 saturated carbocycles. The molecule has 1 atom stereocenters. The molecule has 0 bridgehead atoms. The first-order valence-electron chi connectivity index (χ1n) is 5.29. The van der Waals surface area contributed by atoms with Crippen LogP contribution in [0.2, 0.25) is 0 Å². The van der Waals surface area contributed by atoms with Gasteiger partial charge in [-0.3, -0.25) is 0 Å². The van der Waals surface area contributed by atoms with Gasteiger partial charge in [0.25, 0.3) is 0 Å². The van der Waals surface area contributed by atoms with E-state index >= 15 is 0 Å². The highest BCUT2D eigenvalue weighted by Crippen LogP contribution is 2.37. The van der Waals surface area contributed by atoms with Crippen LogP contribution in [0.15, 0.2) is 41.0 Å². The van der Waals surface area contributed by atoms with Crippen molar-refractivity contribution in [2.45, 2.75) is 19.2 Å². The summed E-state index contributed by atoms with van der Waals surface area (Å²) in [6, 6.07) is 6.52. The van der Waals surface area contributed by atoms with Gasteiger partial charge in [-0.15, -0.1) is 0 Å². The van der Waals surface area contributed by atoms with Gasteiger partial charge in [0.05, 0.1) is 11.8 Å². The summed E-state index contributed by atoms with van der Waals surface area (Å²) < 4.78 is 43.5. The summed E-state index contributed by atoms with van der Waals surface area (Å²) >= 11 is 0. The summed E-state index contributed by atoms with van der Waals surface area (Å²) in [5.41, 5.74) is -0.448. The van der Waals surface area contributed by atoms with Crippen molar-refractivity contribution in [1.82, 2.24) is 0 Å². The molecule has 1 aromatic carbocycles. The molecular formula is C13H11F3O2. The van der Waals surface area contributed by atoms with Crippen LogP contribution < -0.4 is 0 Å². The zero-order valence-electron chi connectivity index (χ0n) is 9.53. The second-order valence-corrected chi connectivity index (χ2v) is 3.96. The monoisotopic (exact) mass is 256 g/mol. The molecule has 0 aliphatic rings. The first-order chi connectivity index (χ1) is 8.41. The van der Waals surface area contributed by atoms with E-state index in [9.17, 15) is 18.3 Å². The van der Waals surface area contributed by atoms with Gasteiger partial charge in [0.15, 0.2) is 0 Å². The minimum atomic E-state index is -4.50. The standard InChI is InChI=1S/C13H11F3O2/c1-8-6-7-18-12(8)11(17)9-4-2-3-5-10(9)13(14,15)16/h2-7,11,17H,1H3. The molecule has 2 rings (SSSR count). The van der Waals surface area contributed by atoms with Crippen LogP contribution in [0.3, 0.4) is 0 Å². The summed E-state index contributed by atoms with van der Waals surface area (Å²) in [4.78, 5) is 0. The van der Waals surface area contributed by atoms with Crippen molar-refractivity contribution in [3.8, 4) is 0 Å². The molecular weight excluding hydrogens is 245 g/mol. The first-order valence-corrected chi connectivity index (χ1v) is 5.29. The van der Waals surface area contributed by atoms with E-state index in [4.69, 9.17) is 4.42 Å². The molecule has 1 aromatic heterocycles. The van der Waals surface area contributed by atoms with Crippen molar-refractivity contribution in [2.75, 3.05) is 0 Å². The lowest BCUT2D eigenvalue weighted by atomic mass is 9.99. The quantitative estimate of drug-likeness (QED) is 0.889. The summed E-state index contributed by atoms with van der Waals surface area (Å²) in [7, 11) is 0. The van der Waals surface area contributed by atoms with Gasteiger partial charge in [-0.1, -0.05) is 18.2 Å². The average Bonchev–Trinajstić information content (AvgIpc) is 2.73. The Balaban J connectivity index is 2.49. The van der Waals surface area contributed by atoms with Crippen LogP contribution in [0.25, 0.3) is 0 Å². The Morgan fingerprint density at radius 3 is 2.39 bits per heavy atom. The predicted molar refractivity (Wildman–Crippen MR) is 59.0 cm³/mol. The summed E-state index contributed by atoms with van der Waals surface area (Å²) in [6.07, 6.45) is -4.58. The number of benzene rings is 1. The highest BCUT2D eigenvalue weighted by atomic mass is 19.4. The normalized spacial score (nSPS) is 13.6. The SMILES string of the molecule is Cc1ccoc1C(O)c1ccccc1C(F)(F)F. The lowest BCUT2D eigenvalue weighted by Crippen LogP contribution is -2.12. The van der Waals surface area contributed by atoms with Gasteiger partial charge in [0.2, 0.25) is 0 Å². The third kappa shape index (κ3) is 2.26. The predicted octanol–water partition coefficient (Wildman–Crippen LogP) is 3.69. The number of halogens is 3. The van der Waals surface area contributed by atoms with Gasteiger partial charge in [-0.25, -0.2) is 0 Å². The Hall–Kier alpha value is -1.75. The zero-order valence-corrected chi connectivity index (χ0v) is 9.53. The van der Waals surface area contributed by atoms with E-state index in [-0.39, 0.29) is 11.3 Å². The van der Waals surface area contributed by atoms with E-state index in [0.29, 0.717) is 5.56 Å². The van der Waals surface area contributed by atoms with Crippen molar-refractivity contribution >= 4 is 0 Å². The van der Waals surface area contributed by atoms with Crippen molar-refractivity contribution in [3.05, 3.63) is 59.0 Å². The average molecular weight is 256 g/mol. The third-order valence-corrected chi connectivity index (χ3v) is 2.71. The number of aliphatic hydroxyl groups excluding tert-OH is 1. The van der Waals surface area contributed by atoms with Gasteiger partial charge >= 0.3 is 6.18 Å². The maximum absolute atomic E-state index is 12.8. The summed E-state index contributed by atoms with van der Waals surface area (Å²) in [5, 5.41) is 10.0. The molecule has 2 aromatic rings. The Labute approximate surface area is 102 Å². The van der Waals surface area contributed by atoms with E-state index in [0.717, 1.165) is 6.07 Å². The number of rotatable bonds is 2. The number of alkyl halides is 3. The number of hydrogen-bond donors (Lipinski definition) is 1. The van der Waals surface area contributed by atoms with Gasteiger partial charge in [0.1, 0.15) is 11.9 Å². The second-order valence-electron chi connectivity index (χ2n) is 3.96. The van der Waals surface area contributed by atoms with Gasteiger partial charge in [-0.2, -0.15) is 13.2 Å². The molecule has 96 valence electrons. The molecule has 0 aliphatic carbocycles. The van der Waals surface area contributed by atoms with E-state index in [1.54, 1.807) is 13.0 Å². The number of aryl methyl sites for hydroxylation is 1. The van der Waals surface area contributed by atoms with Crippen LogP contribution >= 0.6 is 0 Å². The Bertz CT molecular complexity index is 543. The van der Waals surface area contributed by atoms with Crippen molar-refractivity contribution in [3.63, 3.8) is 0 Å². The third-order valence-electron chi connectivity index (χ3n) is 2.71. The fourth-order valence-electron chi connectivity index (χ4n) is 1.80. The fourth-order valence-corrected chi connectivity index (χ4v) is 1.80. The Morgan fingerprint density at radius 2 is 1.83 bits per heavy atom. The minimum absolute atomic E-state index is 0.131. The fraction of sp³-hybridized carbons (Fsp3) is 0.231. The van der Waals surface area contributed by atoms with Crippen molar-refractivity contribution in [2.24, 2.45) is 0 Å². The second kappa shape index (κ2) is 4.49. The van der Waals surface area contributed by atoms with Gasteiger partial charge < -0.3 is 9.52 Å². The largest absolute Gasteiger partial charge is 0.466 e. The Morgan fingerprint density at radius 1 is 1.17 bits per heavy atom. The first kappa shape index (κ1) is 12.7.